The lowest BCUT2D eigenvalue weighted by molar-refractivity contribution is -0.142. The van der Waals surface area contributed by atoms with Crippen molar-refractivity contribution in [2.24, 2.45) is 5.73 Å². The molecule has 1 aliphatic heterocycles. The van der Waals surface area contributed by atoms with E-state index in [1.54, 1.807) is 12.1 Å². The van der Waals surface area contributed by atoms with Gasteiger partial charge in [0.2, 0.25) is 0 Å². The molecule has 27 heavy (non-hydrogen) atoms. The molecule has 0 saturated carbocycles. The zero-order chi connectivity index (χ0) is 19.4. The number of aliphatic carboxylic acids is 1. The summed E-state index contributed by atoms with van der Waals surface area (Å²) in [6, 6.07) is 14.9. The van der Waals surface area contributed by atoms with Crippen LogP contribution < -0.4 is 10.5 Å². The lowest BCUT2D eigenvalue weighted by Gasteiger charge is -2.25. The Hall–Kier alpha value is -2.86. The number of hydrogen-bond donors (Lipinski definition) is 2. The van der Waals surface area contributed by atoms with Crippen molar-refractivity contribution in [2.75, 3.05) is 13.2 Å². The average Bonchev–Trinajstić information content (AvgIpc) is 3.05. The Morgan fingerprint density at radius 1 is 1.15 bits per heavy atom. The number of likely N-dealkylation sites (tertiary alicyclic amines) is 1. The number of carboxylic acid groups (broad SMARTS) is 1. The second-order valence-electron chi connectivity index (χ2n) is 6.96. The van der Waals surface area contributed by atoms with Crippen LogP contribution in [0.5, 0.6) is 5.75 Å². The number of hydrogen-bond acceptors (Lipinski definition) is 4. The minimum absolute atomic E-state index is 0.0127. The highest BCUT2D eigenvalue weighted by Gasteiger charge is 2.39. The number of carbonyl (C=O) groups excluding carboxylic acids is 1. The van der Waals surface area contributed by atoms with Crippen LogP contribution in [0, 0.1) is 6.92 Å². The molecule has 2 aromatic carbocycles. The Bertz CT molecular complexity index is 802. The standard InChI is InChI=1S/C21H24N2O4/c1-14-2-6-16(7-3-14)18-10-11-23(20(18)21(25)26)12-15-4-8-17(9-5-15)27-13-19(22)24/h2-9,18,20H,10-13H2,1H3,(H2,22,24)(H,25,26). The van der Waals surface area contributed by atoms with Crippen molar-refractivity contribution < 1.29 is 19.4 Å². The zero-order valence-electron chi connectivity index (χ0n) is 15.3. The van der Waals surface area contributed by atoms with Gasteiger partial charge in [-0.15, -0.1) is 0 Å². The van der Waals surface area contributed by atoms with E-state index in [1.807, 2.05) is 48.2 Å². The molecule has 0 spiro atoms. The lowest BCUT2D eigenvalue weighted by atomic mass is 9.91. The third kappa shape index (κ3) is 4.65. The summed E-state index contributed by atoms with van der Waals surface area (Å²) in [5.41, 5.74) is 8.30. The van der Waals surface area contributed by atoms with E-state index in [0.717, 1.165) is 24.1 Å². The molecule has 142 valence electrons. The molecule has 3 rings (SSSR count). The summed E-state index contributed by atoms with van der Waals surface area (Å²) in [5, 5.41) is 9.81. The van der Waals surface area contributed by atoms with E-state index >= 15 is 0 Å². The van der Waals surface area contributed by atoms with Crippen molar-refractivity contribution in [3.63, 3.8) is 0 Å². The van der Waals surface area contributed by atoms with E-state index < -0.39 is 17.9 Å². The average molecular weight is 368 g/mol. The van der Waals surface area contributed by atoms with Gasteiger partial charge in [-0.25, -0.2) is 0 Å². The molecular weight excluding hydrogens is 344 g/mol. The normalized spacial score (nSPS) is 19.7. The van der Waals surface area contributed by atoms with E-state index in [0.29, 0.717) is 12.3 Å². The maximum Gasteiger partial charge on any atom is 0.321 e. The summed E-state index contributed by atoms with van der Waals surface area (Å²) in [6.45, 7) is 3.14. The van der Waals surface area contributed by atoms with Gasteiger partial charge < -0.3 is 15.6 Å². The quantitative estimate of drug-likeness (QED) is 0.782. The monoisotopic (exact) mass is 368 g/mol. The number of amides is 1. The topological polar surface area (TPSA) is 92.9 Å². The number of benzene rings is 2. The lowest BCUT2D eigenvalue weighted by Crippen LogP contribution is -2.38. The highest BCUT2D eigenvalue weighted by molar-refractivity contribution is 5.76. The Balaban J connectivity index is 1.70. The summed E-state index contributed by atoms with van der Waals surface area (Å²) in [7, 11) is 0. The molecule has 6 heteroatoms. The first-order valence-electron chi connectivity index (χ1n) is 8.97. The molecule has 1 fully saturated rings. The van der Waals surface area contributed by atoms with Gasteiger partial charge in [0.15, 0.2) is 6.61 Å². The number of carbonyl (C=O) groups is 2. The number of primary amides is 1. The molecule has 2 aromatic rings. The summed E-state index contributed by atoms with van der Waals surface area (Å²) in [4.78, 5) is 24.7. The first-order valence-corrected chi connectivity index (χ1v) is 8.97. The molecule has 3 N–H and O–H groups in total. The fourth-order valence-corrected chi connectivity index (χ4v) is 3.60. The van der Waals surface area contributed by atoms with Gasteiger partial charge in [0.05, 0.1) is 0 Å². The molecule has 0 bridgehead atoms. The minimum atomic E-state index is -0.792. The Kier molecular flexibility index (Phi) is 5.76. The predicted octanol–water partition coefficient (Wildman–Crippen LogP) is 2.30. The van der Waals surface area contributed by atoms with Gasteiger partial charge in [0, 0.05) is 19.0 Å². The van der Waals surface area contributed by atoms with Gasteiger partial charge in [0.25, 0.3) is 5.91 Å². The first kappa shape index (κ1) is 18.9. The first-order chi connectivity index (χ1) is 12.9. The number of ether oxygens (including phenoxy) is 1. The van der Waals surface area contributed by atoms with Crippen LogP contribution in [0.25, 0.3) is 0 Å². The number of rotatable bonds is 7. The molecule has 1 saturated heterocycles. The van der Waals surface area contributed by atoms with E-state index in [9.17, 15) is 14.7 Å². The van der Waals surface area contributed by atoms with E-state index in [-0.39, 0.29) is 12.5 Å². The van der Waals surface area contributed by atoms with E-state index in [4.69, 9.17) is 10.5 Å². The molecule has 1 heterocycles. The van der Waals surface area contributed by atoms with Crippen molar-refractivity contribution in [1.82, 2.24) is 4.90 Å². The van der Waals surface area contributed by atoms with Gasteiger partial charge in [-0.05, 0) is 36.6 Å². The van der Waals surface area contributed by atoms with Crippen LogP contribution in [0.4, 0.5) is 0 Å². The van der Waals surface area contributed by atoms with Crippen LogP contribution in [0.3, 0.4) is 0 Å². The zero-order valence-corrected chi connectivity index (χ0v) is 15.3. The third-order valence-corrected chi connectivity index (χ3v) is 4.95. The maximum absolute atomic E-state index is 12.0. The molecule has 1 amide bonds. The van der Waals surface area contributed by atoms with Crippen molar-refractivity contribution in [1.29, 1.82) is 0 Å². The fraction of sp³-hybridized carbons (Fsp3) is 0.333. The van der Waals surface area contributed by atoms with Gasteiger partial charge in [0.1, 0.15) is 11.8 Å². The minimum Gasteiger partial charge on any atom is -0.484 e. The largest absolute Gasteiger partial charge is 0.484 e. The highest BCUT2D eigenvalue weighted by atomic mass is 16.5. The molecular formula is C21H24N2O4. The summed E-state index contributed by atoms with van der Waals surface area (Å²) < 4.78 is 5.25. The molecule has 0 radical (unpaired) electrons. The Morgan fingerprint density at radius 2 is 1.81 bits per heavy atom. The number of carboxylic acids is 1. The fourth-order valence-electron chi connectivity index (χ4n) is 3.60. The maximum atomic E-state index is 12.0. The molecule has 1 aliphatic rings. The van der Waals surface area contributed by atoms with Crippen LogP contribution in [-0.2, 0) is 16.1 Å². The van der Waals surface area contributed by atoms with Crippen molar-refractivity contribution in [3.05, 3.63) is 65.2 Å². The molecule has 2 atom stereocenters. The van der Waals surface area contributed by atoms with Crippen LogP contribution >= 0.6 is 0 Å². The highest BCUT2D eigenvalue weighted by Crippen LogP contribution is 2.35. The smallest absolute Gasteiger partial charge is 0.321 e. The van der Waals surface area contributed by atoms with Gasteiger partial charge >= 0.3 is 5.97 Å². The SMILES string of the molecule is Cc1ccc(C2CCN(Cc3ccc(OCC(N)=O)cc3)C2C(=O)O)cc1. The predicted molar refractivity (Wildman–Crippen MR) is 102 cm³/mol. The molecule has 6 nitrogen and oxygen atoms in total. The van der Waals surface area contributed by atoms with E-state index in [1.165, 1.54) is 5.56 Å². The molecule has 0 aliphatic carbocycles. The van der Waals surface area contributed by atoms with Gasteiger partial charge in [-0.1, -0.05) is 42.0 Å². The summed E-state index contributed by atoms with van der Waals surface area (Å²) in [5.74, 6) is -0.769. The second kappa shape index (κ2) is 8.22. The third-order valence-electron chi connectivity index (χ3n) is 4.95. The summed E-state index contributed by atoms with van der Waals surface area (Å²) in [6.07, 6.45) is 0.819. The Morgan fingerprint density at radius 3 is 2.41 bits per heavy atom. The molecule has 2 unspecified atom stereocenters. The van der Waals surface area contributed by atoms with Gasteiger partial charge in [-0.3, -0.25) is 14.5 Å². The van der Waals surface area contributed by atoms with Crippen LogP contribution in [0.1, 0.15) is 29.0 Å². The number of nitrogens with two attached hydrogens (primary N) is 1. The van der Waals surface area contributed by atoms with Crippen molar-refractivity contribution >= 4 is 11.9 Å². The van der Waals surface area contributed by atoms with E-state index in [2.05, 4.69) is 0 Å². The number of nitrogens with zero attached hydrogens (tertiary/aromatic N) is 1. The number of aryl methyl sites for hydroxylation is 1. The molecule has 0 aromatic heterocycles. The van der Waals surface area contributed by atoms with Crippen molar-refractivity contribution in [3.8, 4) is 5.75 Å². The van der Waals surface area contributed by atoms with Gasteiger partial charge in [-0.2, -0.15) is 0 Å². The second-order valence-corrected chi connectivity index (χ2v) is 6.96. The van der Waals surface area contributed by atoms with Crippen LogP contribution in [-0.4, -0.2) is 41.1 Å². The van der Waals surface area contributed by atoms with Crippen molar-refractivity contribution in [2.45, 2.75) is 31.8 Å². The Labute approximate surface area is 158 Å². The summed E-state index contributed by atoms with van der Waals surface area (Å²) >= 11 is 0. The van der Waals surface area contributed by atoms with Crippen LogP contribution in [0.2, 0.25) is 0 Å². The van der Waals surface area contributed by atoms with Crippen LogP contribution in [0.15, 0.2) is 48.5 Å².